The third-order valence-electron chi connectivity index (χ3n) is 5.99. The number of aryl methyl sites for hydroxylation is 2. The first-order valence-electron chi connectivity index (χ1n) is 10.3. The number of carbonyl (C=O) groups excluding carboxylic acids is 1. The number of aliphatic hydroxyl groups excluding tert-OH is 1. The van der Waals surface area contributed by atoms with Crippen molar-refractivity contribution >= 4 is 5.91 Å². The van der Waals surface area contributed by atoms with Gasteiger partial charge in [-0.05, 0) is 57.2 Å². The molecular formula is C22H34N2O2. The minimum Gasteiger partial charge on any atom is -0.387 e. The maximum Gasteiger partial charge on any atom is 0.226 e. The summed E-state index contributed by atoms with van der Waals surface area (Å²) in [5.74, 6) is 0.450. The van der Waals surface area contributed by atoms with Gasteiger partial charge in [-0.15, -0.1) is 0 Å². The summed E-state index contributed by atoms with van der Waals surface area (Å²) in [6.07, 6.45) is 6.35. The highest BCUT2D eigenvalue weighted by molar-refractivity contribution is 5.79. The van der Waals surface area contributed by atoms with Gasteiger partial charge in [0.2, 0.25) is 5.91 Å². The third-order valence-corrected chi connectivity index (χ3v) is 5.99. The number of rotatable bonds is 4. The van der Waals surface area contributed by atoms with Crippen LogP contribution in [0.5, 0.6) is 0 Å². The van der Waals surface area contributed by atoms with Crippen molar-refractivity contribution in [3.05, 3.63) is 34.9 Å². The van der Waals surface area contributed by atoms with Gasteiger partial charge in [-0.25, -0.2) is 0 Å². The standard InChI is InChI=1S/C22H34N2O2/c1-17-9-10-20(18(2)14-17)21(25)16-23-11-7-8-19(15-23)22(26)24-12-5-3-4-6-13-24/h9-10,14,19,21,25H,3-8,11-13,15-16H2,1-2H3. The lowest BCUT2D eigenvalue weighted by Gasteiger charge is -2.35. The molecular weight excluding hydrogens is 324 g/mol. The highest BCUT2D eigenvalue weighted by Gasteiger charge is 2.30. The number of carbonyl (C=O) groups is 1. The van der Waals surface area contributed by atoms with Crippen molar-refractivity contribution in [3.63, 3.8) is 0 Å². The summed E-state index contributed by atoms with van der Waals surface area (Å²) in [7, 11) is 0. The molecule has 1 N–H and O–H groups in total. The molecule has 144 valence electrons. The van der Waals surface area contributed by atoms with Crippen molar-refractivity contribution in [3.8, 4) is 0 Å². The Kier molecular flexibility index (Phi) is 6.71. The number of β-amino-alcohol motifs (C(OH)–C–C–N with tert-alkyl or cyclic N) is 1. The van der Waals surface area contributed by atoms with Crippen LogP contribution in [0.25, 0.3) is 0 Å². The maximum atomic E-state index is 12.9. The molecule has 0 saturated carbocycles. The normalized spacial score (nSPS) is 23.5. The summed E-state index contributed by atoms with van der Waals surface area (Å²) >= 11 is 0. The van der Waals surface area contributed by atoms with E-state index in [1.807, 2.05) is 6.07 Å². The van der Waals surface area contributed by atoms with Gasteiger partial charge in [0.25, 0.3) is 0 Å². The van der Waals surface area contributed by atoms with Crippen molar-refractivity contribution in [1.82, 2.24) is 9.80 Å². The lowest BCUT2D eigenvalue weighted by Crippen LogP contribution is -2.46. The molecule has 3 rings (SSSR count). The number of hydrogen-bond acceptors (Lipinski definition) is 3. The first kappa shape index (κ1) is 19.4. The lowest BCUT2D eigenvalue weighted by atomic mass is 9.95. The minimum absolute atomic E-state index is 0.105. The molecule has 26 heavy (non-hydrogen) atoms. The van der Waals surface area contributed by atoms with Gasteiger partial charge in [0.1, 0.15) is 0 Å². The average Bonchev–Trinajstić information content (AvgIpc) is 2.90. The molecule has 2 unspecified atom stereocenters. The van der Waals surface area contributed by atoms with Crippen LogP contribution in [0.15, 0.2) is 18.2 Å². The molecule has 1 amide bonds. The molecule has 2 aliphatic heterocycles. The summed E-state index contributed by atoms with van der Waals surface area (Å²) in [6.45, 7) is 8.39. The van der Waals surface area contributed by atoms with Gasteiger partial charge in [-0.1, -0.05) is 36.6 Å². The molecule has 1 aromatic carbocycles. The Morgan fingerprint density at radius 2 is 1.85 bits per heavy atom. The minimum atomic E-state index is -0.484. The van der Waals surface area contributed by atoms with Gasteiger partial charge in [0, 0.05) is 26.2 Å². The van der Waals surface area contributed by atoms with Crippen LogP contribution in [0.1, 0.15) is 61.3 Å². The van der Waals surface area contributed by atoms with E-state index in [2.05, 4.69) is 35.8 Å². The zero-order valence-electron chi connectivity index (χ0n) is 16.4. The van der Waals surface area contributed by atoms with E-state index in [0.717, 1.165) is 63.0 Å². The van der Waals surface area contributed by atoms with Gasteiger partial charge in [-0.3, -0.25) is 9.69 Å². The van der Waals surface area contributed by atoms with Crippen LogP contribution in [0.3, 0.4) is 0 Å². The summed E-state index contributed by atoms with van der Waals surface area (Å²) in [6, 6.07) is 6.23. The zero-order chi connectivity index (χ0) is 18.5. The Balaban J connectivity index is 1.58. The van der Waals surface area contributed by atoms with Gasteiger partial charge in [0.05, 0.1) is 12.0 Å². The predicted octanol–water partition coefficient (Wildman–Crippen LogP) is 3.45. The molecule has 2 heterocycles. The van der Waals surface area contributed by atoms with Crippen molar-refractivity contribution in [2.75, 3.05) is 32.7 Å². The largest absolute Gasteiger partial charge is 0.387 e. The smallest absolute Gasteiger partial charge is 0.226 e. The second kappa shape index (κ2) is 9.01. The molecule has 2 saturated heterocycles. The summed E-state index contributed by atoms with van der Waals surface area (Å²) in [5.41, 5.74) is 3.38. The first-order chi connectivity index (χ1) is 12.5. The molecule has 0 aromatic heterocycles. The Morgan fingerprint density at radius 3 is 2.54 bits per heavy atom. The van der Waals surface area contributed by atoms with Crippen LogP contribution in [0.4, 0.5) is 0 Å². The SMILES string of the molecule is Cc1ccc(C(O)CN2CCCC(C(=O)N3CCCCCC3)C2)c(C)c1. The van der Waals surface area contributed by atoms with Crippen LogP contribution in [-0.4, -0.2) is 53.5 Å². The van der Waals surface area contributed by atoms with E-state index in [-0.39, 0.29) is 5.92 Å². The van der Waals surface area contributed by atoms with Crippen LogP contribution >= 0.6 is 0 Å². The van der Waals surface area contributed by atoms with E-state index in [1.54, 1.807) is 0 Å². The topological polar surface area (TPSA) is 43.8 Å². The second-order valence-corrected chi connectivity index (χ2v) is 8.21. The zero-order valence-corrected chi connectivity index (χ0v) is 16.4. The summed E-state index contributed by atoms with van der Waals surface area (Å²) < 4.78 is 0. The van der Waals surface area contributed by atoms with E-state index >= 15 is 0 Å². The molecule has 0 bridgehead atoms. The quantitative estimate of drug-likeness (QED) is 0.896. The van der Waals surface area contributed by atoms with E-state index in [0.29, 0.717) is 12.5 Å². The number of nitrogens with zero attached hydrogens (tertiary/aromatic N) is 2. The van der Waals surface area contributed by atoms with Crippen LogP contribution in [0.2, 0.25) is 0 Å². The molecule has 0 spiro atoms. The molecule has 4 heteroatoms. The fourth-order valence-electron chi connectivity index (χ4n) is 4.51. The Labute approximate surface area is 158 Å². The number of aliphatic hydroxyl groups is 1. The first-order valence-corrected chi connectivity index (χ1v) is 10.3. The number of benzene rings is 1. The molecule has 4 nitrogen and oxygen atoms in total. The molecule has 2 aliphatic rings. The Hall–Kier alpha value is -1.39. The Bertz CT molecular complexity index is 608. The van der Waals surface area contributed by atoms with Crippen molar-refractivity contribution in [2.45, 2.75) is 58.5 Å². The molecule has 1 aromatic rings. The monoisotopic (exact) mass is 358 g/mol. The third kappa shape index (κ3) is 4.86. The van der Waals surface area contributed by atoms with Crippen molar-refractivity contribution in [1.29, 1.82) is 0 Å². The summed E-state index contributed by atoms with van der Waals surface area (Å²) in [4.78, 5) is 17.3. The fourth-order valence-corrected chi connectivity index (χ4v) is 4.51. The van der Waals surface area contributed by atoms with Gasteiger partial charge >= 0.3 is 0 Å². The van der Waals surface area contributed by atoms with E-state index in [4.69, 9.17) is 0 Å². The molecule has 2 atom stereocenters. The number of likely N-dealkylation sites (tertiary alicyclic amines) is 2. The van der Waals surface area contributed by atoms with E-state index in [9.17, 15) is 9.90 Å². The lowest BCUT2D eigenvalue weighted by molar-refractivity contribution is -0.137. The predicted molar refractivity (Wildman–Crippen MR) is 105 cm³/mol. The van der Waals surface area contributed by atoms with Gasteiger partial charge < -0.3 is 10.0 Å². The Morgan fingerprint density at radius 1 is 1.12 bits per heavy atom. The van der Waals surface area contributed by atoms with Crippen LogP contribution in [-0.2, 0) is 4.79 Å². The average molecular weight is 359 g/mol. The van der Waals surface area contributed by atoms with Crippen LogP contribution in [0, 0.1) is 19.8 Å². The number of piperidine rings is 1. The molecule has 0 aliphatic carbocycles. The van der Waals surface area contributed by atoms with Gasteiger partial charge in [0.15, 0.2) is 0 Å². The van der Waals surface area contributed by atoms with E-state index < -0.39 is 6.10 Å². The van der Waals surface area contributed by atoms with Crippen LogP contribution < -0.4 is 0 Å². The highest BCUT2D eigenvalue weighted by atomic mass is 16.3. The van der Waals surface area contributed by atoms with Crippen molar-refractivity contribution in [2.24, 2.45) is 5.92 Å². The molecule has 0 radical (unpaired) electrons. The number of amides is 1. The van der Waals surface area contributed by atoms with E-state index in [1.165, 1.54) is 18.4 Å². The second-order valence-electron chi connectivity index (χ2n) is 8.21. The molecule has 2 fully saturated rings. The fraction of sp³-hybridized carbons (Fsp3) is 0.682. The highest BCUT2D eigenvalue weighted by Crippen LogP contribution is 2.25. The maximum absolute atomic E-state index is 12.9. The number of hydrogen-bond donors (Lipinski definition) is 1. The summed E-state index contributed by atoms with van der Waals surface area (Å²) in [5, 5.41) is 10.7. The van der Waals surface area contributed by atoms with Crippen molar-refractivity contribution < 1.29 is 9.90 Å². The van der Waals surface area contributed by atoms with Gasteiger partial charge in [-0.2, -0.15) is 0 Å².